The predicted octanol–water partition coefficient (Wildman–Crippen LogP) is 5.44. The summed E-state index contributed by atoms with van der Waals surface area (Å²) in [4.78, 5) is 7.91. The number of fused-ring (bicyclic) bond motifs is 1. The van der Waals surface area contributed by atoms with Gasteiger partial charge in [0.25, 0.3) is 0 Å². The van der Waals surface area contributed by atoms with Crippen molar-refractivity contribution < 1.29 is 22.0 Å². The number of nitrogens with two attached hydrogens (primary N) is 1. The second kappa shape index (κ2) is 7.12. The van der Waals surface area contributed by atoms with E-state index in [0.29, 0.717) is 33.7 Å². The molecule has 4 unspecified atom stereocenters. The van der Waals surface area contributed by atoms with Gasteiger partial charge < -0.3 is 5.73 Å². The van der Waals surface area contributed by atoms with Crippen molar-refractivity contribution in [2.75, 3.05) is 0 Å². The maximum atomic E-state index is 14.5. The van der Waals surface area contributed by atoms with E-state index < -0.39 is 29.4 Å². The van der Waals surface area contributed by atoms with Crippen LogP contribution in [0.4, 0.5) is 22.0 Å². The standard InChI is InChI=1S/C20H16F5N3S/c1-9-16-17(28-19(26)29-18(9)16)12-6-10(2-4-13(12)21)7-14(22)15-5-3-11(8-27-15)20(23,24)25/h2-9,16-18H,1H3,(H2,26,28)/b14-7-. The lowest BCUT2D eigenvalue weighted by molar-refractivity contribution is -0.137. The smallest absolute Gasteiger partial charge is 0.379 e. The van der Waals surface area contributed by atoms with Gasteiger partial charge in [0.2, 0.25) is 0 Å². The molecule has 29 heavy (non-hydrogen) atoms. The van der Waals surface area contributed by atoms with E-state index >= 15 is 0 Å². The molecule has 9 heteroatoms. The van der Waals surface area contributed by atoms with E-state index in [1.54, 1.807) is 0 Å². The van der Waals surface area contributed by atoms with Crippen molar-refractivity contribution in [3.63, 3.8) is 0 Å². The van der Waals surface area contributed by atoms with Crippen molar-refractivity contribution in [1.29, 1.82) is 0 Å². The van der Waals surface area contributed by atoms with Crippen LogP contribution in [0, 0.1) is 17.7 Å². The highest BCUT2D eigenvalue weighted by molar-refractivity contribution is 8.14. The minimum absolute atomic E-state index is 0.169. The first-order valence-corrected chi connectivity index (χ1v) is 9.73. The Morgan fingerprint density at radius 3 is 2.62 bits per heavy atom. The normalized spacial score (nSPS) is 26.7. The molecule has 1 aliphatic heterocycles. The molecule has 2 heterocycles. The molecule has 1 aromatic heterocycles. The molecular formula is C20H16F5N3S. The molecule has 1 aliphatic carbocycles. The molecule has 0 saturated heterocycles. The minimum Gasteiger partial charge on any atom is -0.379 e. The number of nitrogens with zero attached hydrogens (tertiary/aromatic N) is 2. The largest absolute Gasteiger partial charge is 0.417 e. The zero-order valence-corrected chi connectivity index (χ0v) is 15.9. The minimum atomic E-state index is -4.55. The fraction of sp³-hybridized carbons (Fsp3) is 0.300. The average molecular weight is 425 g/mol. The lowest BCUT2D eigenvalue weighted by atomic mass is 9.98. The molecule has 0 amide bonds. The molecule has 3 nitrogen and oxygen atoms in total. The molecule has 4 atom stereocenters. The maximum absolute atomic E-state index is 14.5. The molecule has 0 spiro atoms. The molecule has 2 aliphatic rings. The van der Waals surface area contributed by atoms with E-state index in [-0.39, 0.29) is 11.6 Å². The second-order valence-corrected chi connectivity index (χ2v) is 8.33. The maximum Gasteiger partial charge on any atom is 0.417 e. The van der Waals surface area contributed by atoms with Gasteiger partial charge in [0.05, 0.1) is 17.3 Å². The summed E-state index contributed by atoms with van der Waals surface area (Å²) in [7, 11) is 0. The van der Waals surface area contributed by atoms with E-state index in [1.807, 2.05) is 0 Å². The summed E-state index contributed by atoms with van der Waals surface area (Å²) in [5, 5.41) is 0.699. The number of halogens is 5. The fourth-order valence-corrected chi connectivity index (χ4v) is 4.89. The van der Waals surface area contributed by atoms with Crippen LogP contribution in [0.2, 0.25) is 0 Å². The molecule has 0 bridgehead atoms. The van der Waals surface area contributed by atoms with Crippen LogP contribution >= 0.6 is 11.8 Å². The number of rotatable bonds is 3. The Morgan fingerprint density at radius 2 is 1.97 bits per heavy atom. The van der Waals surface area contributed by atoms with Crippen molar-refractivity contribution in [2.24, 2.45) is 22.6 Å². The van der Waals surface area contributed by atoms with Crippen LogP contribution < -0.4 is 5.73 Å². The van der Waals surface area contributed by atoms with Gasteiger partial charge in [-0.05, 0) is 41.8 Å². The first-order chi connectivity index (χ1) is 13.6. The van der Waals surface area contributed by atoms with Crippen LogP contribution in [0.5, 0.6) is 0 Å². The number of hydrogen-bond acceptors (Lipinski definition) is 4. The molecule has 1 fully saturated rings. The molecule has 1 saturated carbocycles. The highest BCUT2D eigenvalue weighted by Crippen LogP contribution is 2.58. The lowest BCUT2D eigenvalue weighted by Gasteiger charge is -2.19. The van der Waals surface area contributed by atoms with Crippen LogP contribution in [-0.4, -0.2) is 15.4 Å². The van der Waals surface area contributed by atoms with Gasteiger partial charge in [-0.2, -0.15) is 13.2 Å². The highest BCUT2D eigenvalue weighted by atomic mass is 32.2. The first-order valence-electron chi connectivity index (χ1n) is 8.85. The molecule has 1 aromatic carbocycles. The third-order valence-electron chi connectivity index (χ3n) is 5.22. The number of aliphatic imine (C=N–C) groups is 1. The van der Waals surface area contributed by atoms with E-state index in [0.717, 1.165) is 18.2 Å². The third kappa shape index (κ3) is 3.88. The molecule has 2 N–H and O–H groups in total. The number of alkyl halides is 3. The molecule has 2 aromatic rings. The van der Waals surface area contributed by atoms with Crippen LogP contribution in [0.3, 0.4) is 0 Å². The van der Waals surface area contributed by atoms with Gasteiger partial charge in [-0.1, -0.05) is 24.8 Å². The summed E-state index contributed by atoms with van der Waals surface area (Å²) < 4.78 is 66.8. The van der Waals surface area contributed by atoms with Gasteiger partial charge in [0.15, 0.2) is 5.17 Å². The number of aromatic nitrogens is 1. The molecular weight excluding hydrogens is 409 g/mol. The number of amidine groups is 1. The Hall–Kier alpha value is -2.42. The van der Waals surface area contributed by atoms with Crippen molar-refractivity contribution in [1.82, 2.24) is 4.98 Å². The van der Waals surface area contributed by atoms with Crippen LogP contribution in [0.25, 0.3) is 11.9 Å². The Balaban J connectivity index is 1.63. The second-order valence-electron chi connectivity index (χ2n) is 7.13. The van der Waals surface area contributed by atoms with Gasteiger partial charge in [-0.3, -0.25) is 9.98 Å². The van der Waals surface area contributed by atoms with Crippen LogP contribution in [0.1, 0.15) is 35.3 Å². The van der Waals surface area contributed by atoms with Crippen molar-refractivity contribution in [2.45, 2.75) is 24.4 Å². The van der Waals surface area contributed by atoms with E-state index in [4.69, 9.17) is 5.73 Å². The highest BCUT2D eigenvalue weighted by Gasteiger charge is 2.55. The number of benzene rings is 1. The van der Waals surface area contributed by atoms with Gasteiger partial charge in [-0.25, -0.2) is 8.78 Å². The first kappa shape index (κ1) is 19.9. The molecule has 152 valence electrons. The van der Waals surface area contributed by atoms with Crippen molar-refractivity contribution >= 4 is 28.8 Å². The van der Waals surface area contributed by atoms with Gasteiger partial charge >= 0.3 is 6.18 Å². The third-order valence-corrected chi connectivity index (χ3v) is 6.58. The number of hydrogen-bond donors (Lipinski definition) is 1. The number of thioether (sulfide) groups is 1. The summed E-state index contributed by atoms with van der Waals surface area (Å²) >= 11 is 1.49. The monoisotopic (exact) mass is 425 g/mol. The topological polar surface area (TPSA) is 51.3 Å². The Kier molecular flexibility index (Phi) is 4.88. The van der Waals surface area contributed by atoms with Crippen LogP contribution in [0.15, 0.2) is 41.5 Å². The van der Waals surface area contributed by atoms with E-state index in [2.05, 4.69) is 16.9 Å². The average Bonchev–Trinajstić information content (AvgIpc) is 3.31. The fourth-order valence-electron chi connectivity index (χ4n) is 3.58. The lowest BCUT2D eigenvalue weighted by Crippen LogP contribution is -2.17. The SMILES string of the molecule is CC1C2SC(N)=NC(c3cc(/C=C(\F)c4ccc(C(F)(F)F)cn4)ccc3F)C12. The van der Waals surface area contributed by atoms with Crippen molar-refractivity contribution in [3.8, 4) is 0 Å². The summed E-state index contributed by atoms with van der Waals surface area (Å²) in [6.07, 6.45) is -2.86. The Labute approximate surface area is 167 Å². The molecule has 4 rings (SSSR count). The summed E-state index contributed by atoms with van der Waals surface area (Å²) in [6.45, 7) is 2.06. The number of pyridine rings is 1. The quantitative estimate of drug-likeness (QED) is 0.666. The van der Waals surface area contributed by atoms with Crippen LogP contribution in [-0.2, 0) is 6.18 Å². The summed E-state index contributed by atoms with van der Waals surface area (Å²) in [5.41, 5.74) is 5.35. The summed E-state index contributed by atoms with van der Waals surface area (Å²) in [6, 6.07) is 5.40. The zero-order valence-electron chi connectivity index (χ0n) is 15.1. The van der Waals surface area contributed by atoms with Gasteiger partial charge in [0.1, 0.15) is 11.6 Å². The van der Waals surface area contributed by atoms with E-state index in [1.165, 1.54) is 30.0 Å². The Morgan fingerprint density at radius 1 is 1.21 bits per heavy atom. The van der Waals surface area contributed by atoms with E-state index in [9.17, 15) is 22.0 Å². The molecule has 0 radical (unpaired) electrons. The Bertz CT molecular complexity index is 1000. The van der Waals surface area contributed by atoms with Crippen molar-refractivity contribution in [3.05, 3.63) is 64.7 Å². The van der Waals surface area contributed by atoms with Gasteiger partial charge in [0, 0.05) is 22.9 Å². The van der Waals surface area contributed by atoms with Gasteiger partial charge in [-0.15, -0.1) is 0 Å². The predicted molar refractivity (Wildman–Crippen MR) is 103 cm³/mol. The zero-order chi connectivity index (χ0) is 20.9. The summed E-state index contributed by atoms with van der Waals surface area (Å²) in [5.74, 6) is -0.762.